The van der Waals surface area contributed by atoms with E-state index in [-0.39, 0.29) is 11.1 Å². The van der Waals surface area contributed by atoms with Crippen LogP contribution in [0.15, 0.2) is 31.9 Å². The molecule has 0 aliphatic heterocycles. The molecule has 6 heteroatoms. The Morgan fingerprint density at radius 2 is 2.21 bits per heavy atom. The summed E-state index contributed by atoms with van der Waals surface area (Å²) in [6.07, 6.45) is 1.61. The van der Waals surface area contributed by atoms with Crippen molar-refractivity contribution >= 4 is 33.5 Å². The van der Waals surface area contributed by atoms with E-state index in [4.69, 9.17) is 5.26 Å². The van der Waals surface area contributed by atoms with E-state index in [0.29, 0.717) is 11.3 Å². The summed E-state index contributed by atoms with van der Waals surface area (Å²) in [7, 11) is 0. The maximum Gasteiger partial charge on any atom is 0.289 e. The minimum atomic E-state index is -0.383. The van der Waals surface area contributed by atoms with Gasteiger partial charge < -0.3 is 0 Å². The highest BCUT2D eigenvalue weighted by molar-refractivity contribution is 9.10. The molecule has 4 nitrogen and oxygen atoms in total. The Morgan fingerprint density at radius 3 is 2.79 bits per heavy atom. The number of nitrogens with zero attached hydrogens (tertiary/aromatic N) is 3. The Hall–Kier alpha value is -1.71. The van der Waals surface area contributed by atoms with Crippen LogP contribution in [0.25, 0.3) is 0 Å². The number of nitriles is 1. The fourth-order valence-corrected chi connectivity index (χ4v) is 2.97. The van der Waals surface area contributed by atoms with Crippen LogP contribution in [0.2, 0.25) is 0 Å². The molecule has 0 unspecified atom stereocenters. The lowest BCUT2D eigenvalue weighted by atomic mass is 10.1. The van der Waals surface area contributed by atoms with E-state index in [1.165, 1.54) is 16.0 Å². The predicted octanol–water partition coefficient (Wildman–Crippen LogP) is 3.04. The van der Waals surface area contributed by atoms with Crippen molar-refractivity contribution in [2.45, 2.75) is 13.8 Å². The van der Waals surface area contributed by atoms with Gasteiger partial charge in [-0.2, -0.15) is 10.4 Å². The fraction of sp³-hybridized carbons (Fsp3) is 0.154. The summed E-state index contributed by atoms with van der Waals surface area (Å²) in [6.45, 7) is 3.54. The van der Waals surface area contributed by atoms with Crippen LogP contribution in [-0.2, 0) is 0 Å². The second kappa shape index (κ2) is 5.51. The van der Waals surface area contributed by atoms with Crippen molar-refractivity contribution in [3.05, 3.63) is 54.0 Å². The Bertz CT molecular complexity index is 752. The first-order chi connectivity index (χ1) is 9.02. The molecule has 2 aromatic rings. The third-order valence-corrected chi connectivity index (χ3v) is 4.19. The highest BCUT2D eigenvalue weighted by atomic mass is 79.9. The van der Waals surface area contributed by atoms with Crippen LogP contribution in [0.1, 0.15) is 21.7 Å². The van der Waals surface area contributed by atoms with Gasteiger partial charge in [0.2, 0.25) is 0 Å². The summed E-state index contributed by atoms with van der Waals surface area (Å²) in [5, 5.41) is 15.1. The number of aromatic nitrogens is 1. The van der Waals surface area contributed by atoms with E-state index in [2.05, 4.69) is 21.0 Å². The first kappa shape index (κ1) is 13.7. The van der Waals surface area contributed by atoms with Gasteiger partial charge in [0.05, 0.1) is 6.21 Å². The van der Waals surface area contributed by atoms with Gasteiger partial charge in [-0.15, -0.1) is 11.3 Å². The predicted molar refractivity (Wildman–Crippen MR) is 79.9 cm³/mol. The Balaban J connectivity index is 2.49. The van der Waals surface area contributed by atoms with E-state index in [1.807, 2.05) is 17.5 Å². The van der Waals surface area contributed by atoms with Crippen molar-refractivity contribution in [2.75, 3.05) is 0 Å². The molecule has 0 aromatic carbocycles. The molecule has 0 saturated carbocycles. The average molecular weight is 336 g/mol. The molecule has 0 radical (unpaired) electrons. The molecule has 0 aliphatic carbocycles. The molecule has 0 bridgehead atoms. The number of halogens is 1. The topological polar surface area (TPSA) is 58.1 Å². The Morgan fingerprint density at radius 1 is 1.47 bits per heavy atom. The lowest BCUT2D eigenvalue weighted by Gasteiger charge is -2.05. The third kappa shape index (κ3) is 2.83. The summed E-state index contributed by atoms with van der Waals surface area (Å²) >= 11 is 4.87. The zero-order valence-electron chi connectivity index (χ0n) is 10.3. The molecule has 0 aliphatic rings. The molecule has 19 heavy (non-hydrogen) atoms. The monoisotopic (exact) mass is 335 g/mol. The van der Waals surface area contributed by atoms with Crippen LogP contribution in [0.5, 0.6) is 0 Å². The van der Waals surface area contributed by atoms with E-state index < -0.39 is 0 Å². The van der Waals surface area contributed by atoms with Crippen molar-refractivity contribution in [2.24, 2.45) is 5.10 Å². The average Bonchev–Trinajstić information content (AvgIpc) is 2.75. The normalized spacial score (nSPS) is 10.8. The molecular formula is C13H10BrN3OS. The van der Waals surface area contributed by atoms with E-state index in [0.717, 1.165) is 9.35 Å². The smallest absolute Gasteiger partial charge is 0.266 e. The van der Waals surface area contributed by atoms with Gasteiger partial charge in [-0.1, -0.05) is 0 Å². The standard InChI is InChI=1S/C13H10BrN3OS/c1-8-3-9(2)17(13(18)12(8)5-15)16-6-11-4-10(14)7-19-11/h3-4,6-7H,1-2H3/b16-6-. The number of pyridine rings is 1. The maximum absolute atomic E-state index is 12.1. The molecule has 0 saturated heterocycles. The van der Waals surface area contributed by atoms with E-state index >= 15 is 0 Å². The summed E-state index contributed by atoms with van der Waals surface area (Å²) < 4.78 is 2.23. The van der Waals surface area contributed by atoms with Crippen LogP contribution >= 0.6 is 27.3 Å². The van der Waals surface area contributed by atoms with Gasteiger partial charge in [-0.05, 0) is 47.5 Å². The zero-order valence-corrected chi connectivity index (χ0v) is 12.7. The second-order valence-electron chi connectivity index (χ2n) is 3.98. The van der Waals surface area contributed by atoms with Gasteiger partial charge in [-0.3, -0.25) is 4.79 Å². The van der Waals surface area contributed by atoms with Crippen molar-refractivity contribution in [1.82, 2.24) is 4.68 Å². The maximum atomic E-state index is 12.1. The third-order valence-electron chi connectivity index (χ3n) is 2.56. The highest BCUT2D eigenvalue weighted by Gasteiger charge is 2.08. The Kier molecular flexibility index (Phi) is 3.98. The molecule has 0 fully saturated rings. The molecule has 2 rings (SSSR count). The van der Waals surface area contributed by atoms with Crippen molar-refractivity contribution < 1.29 is 0 Å². The number of hydrogen-bond donors (Lipinski definition) is 0. The molecular weight excluding hydrogens is 326 g/mol. The number of aryl methyl sites for hydroxylation is 2. The highest BCUT2D eigenvalue weighted by Crippen LogP contribution is 2.18. The number of thiophene rings is 1. The van der Waals surface area contributed by atoms with Gasteiger partial charge in [0, 0.05) is 20.4 Å². The van der Waals surface area contributed by atoms with Gasteiger partial charge in [0.15, 0.2) is 0 Å². The summed E-state index contributed by atoms with van der Waals surface area (Å²) in [6, 6.07) is 5.61. The largest absolute Gasteiger partial charge is 0.289 e. The van der Waals surface area contributed by atoms with E-state index in [9.17, 15) is 4.79 Å². The van der Waals surface area contributed by atoms with Gasteiger partial charge >= 0.3 is 0 Å². The molecule has 2 heterocycles. The minimum absolute atomic E-state index is 0.134. The van der Waals surface area contributed by atoms with Crippen LogP contribution in [0.3, 0.4) is 0 Å². The lowest BCUT2D eigenvalue weighted by molar-refractivity contribution is 0.787. The number of rotatable bonds is 2. The quantitative estimate of drug-likeness (QED) is 0.792. The Labute approximate surface area is 122 Å². The summed E-state index contributed by atoms with van der Waals surface area (Å²) in [4.78, 5) is 13.0. The summed E-state index contributed by atoms with van der Waals surface area (Å²) in [5.41, 5.74) is 1.13. The first-order valence-electron chi connectivity index (χ1n) is 5.44. The number of hydrogen-bond acceptors (Lipinski definition) is 4. The molecule has 0 spiro atoms. The summed E-state index contributed by atoms with van der Waals surface area (Å²) in [5.74, 6) is 0. The van der Waals surface area contributed by atoms with Crippen LogP contribution in [0.4, 0.5) is 0 Å². The molecule has 0 atom stereocenters. The fourth-order valence-electron chi connectivity index (χ4n) is 1.67. The van der Waals surface area contributed by atoms with Gasteiger partial charge in [0.25, 0.3) is 5.56 Å². The van der Waals surface area contributed by atoms with Crippen LogP contribution in [0, 0.1) is 25.2 Å². The van der Waals surface area contributed by atoms with Crippen molar-refractivity contribution in [3.63, 3.8) is 0 Å². The minimum Gasteiger partial charge on any atom is -0.266 e. The SMILES string of the molecule is Cc1cc(C)n(/N=C\c2cc(Br)cs2)c(=O)c1C#N. The van der Waals surface area contributed by atoms with Gasteiger partial charge in [0.1, 0.15) is 11.6 Å². The van der Waals surface area contributed by atoms with Crippen molar-refractivity contribution in [1.29, 1.82) is 5.26 Å². The second-order valence-corrected chi connectivity index (χ2v) is 5.84. The molecule has 0 N–H and O–H groups in total. The van der Waals surface area contributed by atoms with Crippen LogP contribution < -0.4 is 5.56 Å². The molecule has 96 valence electrons. The molecule has 0 amide bonds. The van der Waals surface area contributed by atoms with Gasteiger partial charge in [-0.25, -0.2) is 4.68 Å². The van der Waals surface area contributed by atoms with Crippen LogP contribution in [-0.4, -0.2) is 10.9 Å². The van der Waals surface area contributed by atoms with Crippen molar-refractivity contribution in [3.8, 4) is 6.07 Å². The molecule has 2 aromatic heterocycles. The van der Waals surface area contributed by atoms with E-state index in [1.54, 1.807) is 26.1 Å². The zero-order chi connectivity index (χ0) is 14.0. The lowest BCUT2D eigenvalue weighted by Crippen LogP contribution is -2.22. The first-order valence-corrected chi connectivity index (χ1v) is 7.12.